The molecule has 21 heavy (non-hydrogen) atoms. The first-order valence-electron chi connectivity index (χ1n) is 6.77. The van der Waals surface area contributed by atoms with Crippen LogP contribution in [0.4, 0.5) is 0 Å². The normalized spacial score (nSPS) is 11.9. The van der Waals surface area contributed by atoms with Crippen LogP contribution in [0.3, 0.4) is 0 Å². The van der Waals surface area contributed by atoms with Gasteiger partial charge in [0.1, 0.15) is 10.6 Å². The Morgan fingerprint density at radius 3 is 2.67 bits per heavy atom. The molecule has 1 heterocycles. The number of carbonyl (C=O) groups is 1. The average molecular weight is 317 g/mol. The van der Waals surface area contributed by atoms with E-state index in [1.165, 1.54) is 16.8 Å². The lowest BCUT2D eigenvalue weighted by Crippen LogP contribution is -2.27. The summed E-state index contributed by atoms with van der Waals surface area (Å²) in [6.07, 6.45) is 2.01. The first kappa shape index (κ1) is 17.7. The second-order valence-corrected chi connectivity index (χ2v) is 6.86. The van der Waals surface area contributed by atoms with Crippen molar-refractivity contribution in [3.8, 4) is 0 Å². The Balaban J connectivity index is 2.44. The SMILES string of the molecule is CC(C)COCCCNC(=O)c1cc(S(N)(=O)=O)cn1C. The zero-order chi connectivity index (χ0) is 16.0. The summed E-state index contributed by atoms with van der Waals surface area (Å²) >= 11 is 0. The standard InChI is InChI=1S/C13H23N3O4S/c1-10(2)9-20-6-4-5-15-13(17)12-7-11(8-16(12)3)21(14,18)19/h7-8,10H,4-6,9H2,1-3H3,(H,15,17)(H2,14,18,19). The molecular weight excluding hydrogens is 294 g/mol. The summed E-state index contributed by atoms with van der Waals surface area (Å²) in [5.74, 6) is 0.149. The van der Waals surface area contributed by atoms with Gasteiger partial charge >= 0.3 is 0 Å². The number of amides is 1. The number of sulfonamides is 1. The predicted molar refractivity (Wildman–Crippen MR) is 79.4 cm³/mol. The molecule has 0 aliphatic heterocycles. The van der Waals surface area contributed by atoms with Gasteiger partial charge in [-0.1, -0.05) is 13.8 Å². The Morgan fingerprint density at radius 2 is 2.14 bits per heavy atom. The maximum absolute atomic E-state index is 11.9. The topological polar surface area (TPSA) is 103 Å². The summed E-state index contributed by atoms with van der Waals surface area (Å²) in [7, 11) is -2.21. The fraction of sp³-hybridized carbons (Fsp3) is 0.615. The van der Waals surface area contributed by atoms with Crippen LogP contribution in [0.5, 0.6) is 0 Å². The minimum atomic E-state index is -3.80. The van der Waals surface area contributed by atoms with E-state index >= 15 is 0 Å². The molecule has 0 atom stereocenters. The second kappa shape index (κ2) is 7.58. The van der Waals surface area contributed by atoms with Crippen LogP contribution < -0.4 is 10.5 Å². The van der Waals surface area contributed by atoms with E-state index in [-0.39, 0.29) is 16.5 Å². The third kappa shape index (κ3) is 5.86. The minimum absolute atomic E-state index is 0.0737. The predicted octanol–water partition coefficient (Wildman–Crippen LogP) is 0.465. The van der Waals surface area contributed by atoms with E-state index in [0.29, 0.717) is 32.1 Å². The highest BCUT2D eigenvalue weighted by atomic mass is 32.2. The van der Waals surface area contributed by atoms with Gasteiger partial charge in [0.05, 0.1) is 0 Å². The molecule has 0 aromatic carbocycles. The van der Waals surface area contributed by atoms with Gasteiger partial charge in [-0.3, -0.25) is 4.79 Å². The van der Waals surface area contributed by atoms with Gasteiger partial charge < -0.3 is 14.6 Å². The van der Waals surface area contributed by atoms with Crippen LogP contribution in [0.2, 0.25) is 0 Å². The van der Waals surface area contributed by atoms with E-state index in [9.17, 15) is 13.2 Å². The first-order chi connectivity index (χ1) is 9.71. The molecule has 0 spiro atoms. The molecule has 7 nitrogen and oxygen atoms in total. The lowest BCUT2D eigenvalue weighted by atomic mass is 10.2. The third-order valence-electron chi connectivity index (χ3n) is 2.74. The van der Waals surface area contributed by atoms with E-state index in [0.717, 1.165) is 0 Å². The summed E-state index contributed by atoms with van der Waals surface area (Å²) in [5.41, 5.74) is 0.252. The van der Waals surface area contributed by atoms with E-state index < -0.39 is 10.0 Å². The van der Waals surface area contributed by atoms with Gasteiger partial charge in [0, 0.05) is 33.0 Å². The molecule has 0 saturated carbocycles. The number of carbonyl (C=O) groups excluding carboxylic acids is 1. The maximum atomic E-state index is 11.9. The van der Waals surface area contributed by atoms with Gasteiger partial charge in [0.25, 0.3) is 5.91 Å². The van der Waals surface area contributed by atoms with E-state index in [4.69, 9.17) is 9.88 Å². The largest absolute Gasteiger partial charge is 0.381 e. The van der Waals surface area contributed by atoms with Crippen LogP contribution >= 0.6 is 0 Å². The molecule has 0 saturated heterocycles. The molecule has 0 fully saturated rings. The molecule has 120 valence electrons. The Labute approximate surface area is 125 Å². The minimum Gasteiger partial charge on any atom is -0.381 e. The van der Waals surface area contributed by atoms with Crippen LogP contribution in [0.25, 0.3) is 0 Å². The number of ether oxygens (including phenoxy) is 1. The number of aromatic nitrogens is 1. The molecular formula is C13H23N3O4S. The lowest BCUT2D eigenvalue weighted by molar-refractivity contribution is 0.0918. The molecule has 0 bridgehead atoms. The molecule has 1 aromatic rings. The van der Waals surface area contributed by atoms with Crippen molar-refractivity contribution in [2.75, 3.05) is 19.8 Å². The fourth-order valence-electron chi connectivity index (χ4n) is 1.70. The zero-order valence-corrected chi connectivity index (χ0v) is 13.4. The van der Waals surface area contributed by atoms with Gasteiger partial charge in [0.2, 0.25) is 10.0 Å². The van der Waals surface area contributed by atoms with Crippen molar-refractivity contribution in [3.05, 3.63) is 18.0 Å². The Kier molecular flexibility index (Phi) is 6.38. The average Bonchev–Trinajstić information content (AvgIpc) is 2.75. The third-order valence-corrected chi connectivity index (χ3v) is 3.62. The van der Waals surface area contributed by atoms with E-state index in [1.54, 1.807) is 7.05 Å². The summed E-state index contributed by atoms with van der Waals surface area (Å²) in [6.45, 7) is 5.88. The quantitative estimate of drug-likeness (QED) is 0.680. The van der Waals surface area contributed by atoms with Crippen LogP contribution in [-0.4, -0.2) is 38.7 Å². The number of aryl methyl sites for hydroxylation is 1. The van der Waals surface area contributed by atoms with Gasteiger partial charge in [-0.2, -0.15) is 0 Å². The number of rotatable bonds is 8. The number of hydrogen-bond donors (Lipinski definition) is 2. The van der Waals surface area contributed by atoms with Crippen LogP contribution in [-0.2, 0) is 21.8 Å². The molecule has 0 radical (unpaired) electrons. The number of nitrogens with two attached hydrogens (primary N) is 1. The summed E-state index contributed by atoms with van der Waals surface area (Å²) in [6, 6.07) is 1.26. The number of hydrogen-bond acceptors (Lipinski definition) is 4. The zero-order valence-electron chi connectivity index (χ0n) is 12.6. The Morgan fingerprint density at radius 1 is 1.48 bits per heavy atom. The lowest BCUT2D eigenvalue weighted by Gasteiger charge is -2.08. The Hall–Kier alpha value is -1.38. The molecule has 1 amide bonds. The number of nitrogens with zero attached hydrogens (tertiary/aromatic N) is 1. The Bertz CT molecular complexity index is 578. The summed E-state index contributed by atoms with van der Waals surface area (Å²) in [4.78, 5) is 11.9. The number of primary sulfonamides is 1. The molecule has 8 heteroatoms. The van der Waals surface area contributed by atoms with Crippen molar-refractivity contribution in [3.63, 3.8) is 0 Å². The first-order valence-corrected chi connectivity index (χ1v) is 8.31. The summed E-state index contributed by atoms with van der Waals surface area (Å²) in [5, 5.41) is 7.75. The van der Waals surface area contributed by atoms with Gasteiger partial charge in [-0.15, -0.1) is 0 Å². The van der Waals surface area contributed by atoms with Gasteiger partial charge in [-0.05, 0) is 18.4 Å². The fourth-order valence-corrected chi connectivity index (χ4v) is 2.28. The smallest absolute Gasteiger partial charge is 0.267 e. The molecule has 0 unspecified atom stereocenters. The van der Waals surface area contributed by atoms with Crippen molar-refractivity contribution >= 4 is 15.9 Å². The van der Waals surface area contributed by atoms with Crippen molar-refractivity contribution in [2.45, 2.75) is 25.2 Å². The summed E-state index contributed by atoms with van der Waals surface area (Å²) < 4.78 is 29.3. The highest BCUT2D eigenvalue weighted by molar-refractivity contribution is 7.89. The van der Waals surface area contributed by atoms with Crippen LogP contribution in [0, 0.1) is 5.92 Å². The molecule has 0 aliphatic carbocycles. The molecule has 0 aliphatic rings. The number of nitrogens with one attached hydrogen (secondary N) is 1. The van der Waals surface area contributed by atoms with Crippen molar-refractivity contribution in [1.29, 1.82) is 0 Å². The van der Waals surface area contributed by atoms with Crippen molar-refractivity contribution < 1.29 is 17.9 Å². The van der Waals surface area contributed by atoms with Crippen LogP contribution in [0.1, 0.15) is 30.8 Å². The maximum Gasteiger partial charge on any atom is 0.267 e. The van der Waals surface area contributed by atoms with Gasteiger partial charge in [0.15, 0.2) is 0 Å². The van der Waals surface area contributed by atoms with Crippen LogP contribution in [0.15, 0.2) is 17.2 Å². The second-order valence-electron chi connectivity index (χ2n) is 5.30. The highest BCUT2D eigenvalue weighted by Gasteiger charge is 2.16. The van der Waals surface area contributed by atoms with Gasteiger partial charge in [-0.25, -0.2) is 13.6 Å². The van der Waals surface area contributed by atoms with E-state index in [2.05, 4.69) is 19.2 Å². The highest BCUT2D eigenvalue weighted by Crippen LogP contribution is 2.11. The van der Waals surface area contributed by atoms with E-state index in [1.807, 2.05) is 0 Å². The van der Waals surface area contributed by atoms with Crippen molar-refractivity contribution in [2.24, 2.45) is 18.1 Å². The molecule has 1 aromatic heterocycles. The monoisotopic (exact) mass is 317 g/mol. The van der Waals surface area contributed by atoms with Crippen molar-refractivity contribution in [1.82, 2.24) is 9.88 Å². The molecule has 3 N–H and O–H groups in total. The molecule has 1 rings (SSSR count).